The van der Waals surface area contributed by atoms with Gasteiger partial charge in [0.25, 0.3) is 0 Å². The molecule has 25 heavy (non-hydrogen) atoms. The summed E-state index contributed by atoms with van der Waals surface area (Å²) in [5.74, 6) is -0.667. The van der Waals surface area contributed by atoms with Gasteiger partial charge in [-0.2, -0.15) is 0 Å². The average molecular weight is 363 g/mol. The number of para-hydroxylation sites is 1. The quantitative estimate of drug-likeness (QED) is 0.818. The lowest BCUT2D eigenvalue weighted by atomic mass is 10.1. The summed E-state index contributed by atoms with van der Waals surface area (Å²) in [5.41, 5.74) is 1.14. The average Bonchev–Trinajstić information content (AvgIpc) is 2.58. The molecule has 6 heteroatoms. The molecule has 0 radical (unpaired) electrons. The minimum atomic E-state index is -0.279. The molecule has 0 bridgehead atoms. The highest BCUT2D eigenvalue weighted by atomic mass is 35.5. The van der Waals surface area contributed by atoms with E-state index < -0.39 is 0 Å². The zero-order valence-corrected chi connectivity index (χ0v) is 14.7. The van der Waals surface area contributed by atoms with Crippen LogP contribution in [0.1, 0.15) is 18.9 Å². The van der Waals surface area contributed by atoms with Crippen LogP contribution in [0, 0.1) is 5.82 Å². The van der Waals surface area contributed by atoms with Gasteiger partial charge in [0, 0.05) is 26.4 Å². The Morgan fingerprint density at radius 2 is 1.80 bits per heavy atom. The summed E-state index contributed by atoms with van der Waals surface area (Å²) in [5, 5.41) is 3.20. The largest absolute Gasteiger partial charge is 0.356 e. The van der Waals surface area contributed by atoms with Gasteiger partial charge in [-0.05, 0) is 30.2 Å². The van der Waals surface area contributed by atoms with E-state index in [2.05, 4.69) is 5.32 Å². The van der Waals surface area contributed by atoms with Gasteiger partial charge in [0.15, 0.2) is 0 Å². The molecule has 2 aromatic rings. The van der Waals surface area contributed by atoms with E-state index in [0.717, 1.165) is 0 Å². The van der Waals surface area contributed by atoms with Gasteiger partial charge >= 0.3 is 0 Å². The first-order valence-corrected chi connectivity index (χ1v) is 8.39. The molecule has 2 amide bonds. The van der Waals surface area contributed by atoms with E-state index in [9.17, 15) is 14.0 Å². The van der Waals surface area contributed by atoms with Gasteiger partial charge < -0.3 is 10.2 Å². The number of benzene rings is 2. The van der Waals surface area contributed by atoms with Crippen LogP contribution in [0.15, 0.2) is 48.5 Å². The van der Waals surface area contributed by atoms with E-state index in [4.69, 9.17) is 11.6 Å². The van der Waals surface area contributed by atoms with Crippen molar-refractivity contribution in [3.8, 4) is 0 Å². The number of anilines is 1. The van der Waals surface area contributed by atoms with Crippen LogP contribution in [0.2, 0.25) is 5.02 Å². The summed E-state index contributed by atoms with van der Waals surface area (Å²) in [6.07, 6.45) is 0.557. The fourth-order valence-electron chi connectivity index (χ4n) is 2.46. The lowest BCUT2D eigenvalue weighted by molar-refractivity contribution is -0.121. The first-order chi connectivity index (χ1) is 12.0. The van der Waals surface area contributed by atoms with Crippen molar-refractivity contribution in [1.82, 2.24) is 5.32 Å². The Morgan fingerprint density at radius 1 is 1.12 bits per heavy atom. The third kappa shape index (κ3) is 5.57. The maximum absolute atomic E-state index is 13.5. The van der Waals surface area contributed by atoms with Crippen LogP contribution in [0.5, 0.6) is 0 Å². The highest BCUT2D eigenvalue weighted by Crippen LogP contribution is 2.25. The number of hydrogen-bond donors (Lipinski definition) is 1. The zero-order chi connectivity index (χ0) is 18.2. The minimum absolute atomic E-state index is 0.141. The Labute approximate surface area is 151 Å². The van der Waals surface area contributed by atoms with Crippen molar-refractivity contribution >= 4 is 29.1 Å². The fourth-order valence-corrected chi connectivity index (χ4v) is 2.70. The molecule has 0 spiro atoms. The second-order valence-electron chi connectivity index (χ2n) is 5.56. The van der Waals surface area contributed by atoms with Crippen LogP contribution >= 0.6 is 11.6 Å². The molecule has 0 aromatic heterocycles. The molecule has 4 nitrogen and oxygen atoms in total. The zero-order valence-electron chi connectivity index (χ0n) is 14.0. The molecule has 0 aliphatic carbocycles. The van der Waals surface area contributed by atoms with E-state index in [0.29, 0.717) is 29.2 Å². The van der Waals surface area contributed by atoms with Crippen molar-refractivity contribution in [3.05, 3.63) is 64.9 Å². The van der Waals surface area contributed by atoms with Crippen LogP contribution in [0.3, 0.4) is 0 Å². The van der Waals surface area contributed by atoms with Crippen LogP contribution in [-0.4, -0.2) is 24.9 Å². The van der Waals surface area contributed by atoms with E-state index in [1.165, 1.54) is 17.9 Å². The van der Waals surface area contributed by atoms with E-state index in [1.54, 1.807) is 42.5 Å². The highest BCUT2D eigenvalue weighted by Gasteiger charge is 2.15. The van der Waals surface area contributed by atoms with E-state index >= 15 is 0 Å². The van der Waals surface area contributed by atoms with Gasteiger partial charge in [-0.3, -0.25) is 9.59 Å². The van der Waals surface area contributed by atoms with Gasteiger partial charge in [-0.1, -0.05) is 41.9 Å². The summed E-state index contributed by atoms with van der Waals surface area (Å²) in [7, 11) is 0. The van der Waals surface area contributed by atoms with Crippen molar-refractivity contribution in [1.29, 1.82) is 0 Å². The molecule has 132 valence electrons. The van der Waals surface area contributed by atoms with Crippen molar-refractivity contribution in [3.63, 3.8) is 0 Å². The number of rotatable bonds is 7. The molecule has 0 heterocycles. The van der Waals surface area contributed by atoms with Crippen molar-refractivity contribution in [2.75, 3.05) is 18.0 Å². The third-order valence-electron chi connectivity index (χ3n) is 3.76. The molecule has 1 N–H and O–H groups in total. The molecule has 0 aliphatic rings. The molecule has 2 aromatic carbocycles. The minimum Gasteiger partial charge on any atom is -0.356 e. The smallest absolute Gasteiger partial charge is 0.223 e. The monoisotopic (exact) mass is 362 g/mol. The SMILES string of the molecule is CC(=O)N(CCC(=O)NCCc1ccccc1F)c1ccccc1Cl. The molecular weight excluding hydrogens is 343 g/mol. The lowest BCUT2D eigenvalue weighted by Crippen LogP contribution is -2.34. The molecule has 0 saturated carbocycles. The molecule has 2 rings (SSSR count). The van der Waals surface area contributed by atoms with E-state index in [-0.39, 0.29) is 30.6 Å². The Kier molecular flexibility index (Phi) is 6.95. The Balaban J connectivity index is 1.84. The molecule has 0 saturated heterocycles. The molecule has 0 aliphatic heterocycles. The van der Waals surface area contributed by atoms with Crippen molar-refractivity contribution < 1.29 is 14.0 Å². The summed E-state index contributed by atoms with van der Waals surface area (Å²) in [4.78, 5) is 25.3. The molecule has 0 fully saturated rings. The van der Waals surface area contributed by atoms with E-state index in [1.807, 2.05) is 0 Å². The first kappa shape index (κ1) is 18.9. The van der Waals surface area contributed by atoms with Crippen molar-refractivity contribution in [2.24, 2.45) is 0 Å². The normalized spacial score (nSPS) is 10.4. The van der Waals surface area contributed by atoms with Crippen LogP contribution in [0.4, 0.5) is 10.1 Å². The summed E-state index contributed by atoms with van der Waals surface area (Å²) >= 11 is 6.11. The topological polar surface area (TPSA) is 49.4 Å². The Bertz CT molecular complexity index is 752. The number of halogens is 2. The number of amides is 2. The van der Waals surface area contributed by atoms with Crippen LogP contribution in [-0.2, 0) is 16.0 Å². The predicted molar refractivity (Wildman–Crippen MR) is 97.2 cm³/mol. The van der Waals surface area contributed by atoms with Gasteiger partial charge in [0.1, 0.15) is 5.82 Å². The molecule has 0 atom stereocenters. The van der Waals surface area contributed by atoms with Crippen LogP contribution < -0.4 is 10.2 Å². The first-order valence-electron chi connectivity index (χ1n) is 8.02. The summed E-state index contributed by atoms with van der Waals surface area (Å²) in [6, 6.07) is 13.5. The lowest BCUT2D eigenvalue weighted by Gasteiger charge is -2.22. The maximum atomic E-state index is 13.5. The van der Waals surface area contributed by atoms with Gasteiger partial charge in [-0.25, -0.2) is 4.39 Å². The predicted octanol–water partition coefficient (Wildman–Crippen LogP) is 3.58. The second kappa shape index (κ2) is 9.18. The highest BCUT2D eigenvalue weighted by molar-refractivity contribution is 6.33. The third-order valence-corrected chi connectivity index (χ3v) is 4.08. The van der Waals surface area contributed by atoms with Crippen LogP contribution in [0.25, 0.3) is 0 Å². The Hall–Kier alpha value is -2.40. The number of nitrogens with one attached hydrogen (secondary N) is 1. The number of hydrogen-bond acceptors (Lipinski definition) is 2. The number of carbonyl (C=O) groups is 2. The Morgan fingerprint density at radius 3 is 2.48 bits per heavy atom. The van der Waals surface area contributed by atoms with Crippen molar-refractivity contribution in [2.45, 2.75) is 19.8 Å². The summed E-state index contributed by atoms with van der Waals surface area (Å²) < 4.78 is 13.5. The standard InChI is InChI=1S/C19H20ClFN2O2/c1-14(24)23(18-9-5-3-7-16(18)20)13-11-19(25)22-12-10-15-6-2-4-8-17(15)21/h2-9H,10-13H2,1H3,(H,22,25). The molecular formula is C19H20ClFN2O2. The fraction of sp³-hybridized carbons (Fsp3) is 0.263. The van der Waals surface area contributed by atoms with Gasteiger partial charge in [0.2, 0.25) is 11.8 Å². The number of carbonyl (C=O) groups excluding carboxylic acids is 2. The molecule has 0 unspecified atom stereocenters. The number of nitrogens with zero attached hydrogens (tertiary/aromatic N) is 1. The maximum Gasteiger partial charge on any atom is 0.223 e. The van der Waals surface area contributed by atoms with Gasteiger partial charge in [0.05, 0.1) is 10.7 Å². The summed E-state index contributed by atoms with van der Waals surface area (Å²) in [6.45, 7) is 2.00. The van der Waals surface area contributed by atoms with Gasteiger partial charge in [-0.15, -0.1) is 0 Å². The second-order valence-corrected chi connectivity index (χ2v) is 5.97.